The van der Waals surface area contributed by atoms with Crippen LogP contribution in [0.4, 0.5) is 11.4 Å². The highest BCUT2D eigenvalue weighted by Crippen LogP contribution is 2.27. The van der Waals surface area contributed by atoms with E-state index in [4.69, 9.17) is 0 Å². The lowest BCUT2D eigenvalue weighted by atomic mass is 10.0. The van der Waals surface area contributed by atoms with E-state index in [0.29, 0.717) is 25.0 Å². The third-order valence-corrected chi connectivity index (χ3v) is 6.73. The summed E-state index contributed by atoms with van der Waals surface area (Å²) in [5, 5.41) is 3.58. The first-order valence-corrected chi connectivity index (χ1v) is 10.2. The molecule has 0 amide bonds. The van der Waals surface area contributed by atoms with Crippen LogP contribution in [0, 0.1) is 0 Å². The van der Waals surface area contributed by atoms with Crippen molar-refractivity contribution in [2.75, 3.05) is 35.0 Å². The summed E-state index contributed by atoms with van der Waals surface area (Å²) in [7, 11) is -3.11. The highest BCUT2D eigenvalue weighted by atomic mass is 32.2. The fourth-order valence-electron chi connectivity index (χ4n) is 3.48. The lowest BCUT2D eigenvalue weighted by Gasteiger charge is -2.35. The van der Waals surface area contributed by atoms with Crippen molar-refractivity contribution in [3.8, 4) is 0 Å². The molecule has 2 aliphatic rings. The van der Waals surface area contributed by atoms with Crippen LogP contribution in [0.15, 0.2) is 24.3 Å². The summed E-state index contributed by atoms with van der Waals surface area (Å²) < 4.78 is 25.7. The number of sulfonamides is 1. The zero-order valence-corrected chi connectivity index (χ0v) is 14.8. The maximum atomic E-state index is 12.1. The van der Waals surface area contributed by atoms with Crippen LogP contribution in [0.1, 0.15) is 33.1 Å². The van der Waals surface area contributed by atoms with Gasteiger partial charge in [-0.15, -0.1) is 0 Å². The van der Waals surface area contributed by atoms with E-state index in [1.807, 2.05) is 24.3 Å². The molecular formula is C17H27N3O2S. The molecule has 0 saturated carbocycles. The molecule has 0 bridgehead atoms. The number of hydrogen-bond acceptors (Lipinski definition) is 4. The molecule has 0 spiro atoms. The van der Waals surface area contributed by atoms with Crippen LogP contribution in [0.5, 0.6) is 0 Å². The largest absolute Gasteiger partial charge is 0.382 e. The zero-order chi connectivity index (χ0) is 16.4. The number of nitrogens with zero attached hydrogens (tertiary/aromatic N) is 2. The van der Waals surface area contributed by atoms with Crippen molar-refractivity contribution in [3.05, 3.63) is 24.3 Å². The molecular weight excluding hydrogens is 310 g/mol. The number of hydrogen-bond donors (Lipinski definition) is 1. The molecule has 0 aliphatic carbocycles. The van der Waals surface area contributed by atoms with Gasteiger partial charge in [0.15, 0.2) is 0 Å². The van der Waals surface area contributed by atoms with Gasteiger partial charge in [-0.25, -0.2) is 8.42 Å². The van der Waals surface area contributed by atoms with E-state index in [9.17, 15) is 8.42 Å². The predicted molar refractivity (Wildman–Crippen MR) is 95.5 cm³/mol. The summed E-state index contributed by atoms with van der Waals surface area (Å²) in [5.41, 5.74) is 1.81. The Morgan fingerprint density at radius 2 is 1.91 bits per heavy atom. The van der Waals surface area contributed by atoms with Crippen molar-refractivity contribution in [2.24, 2.45) is 0 Å². The minimum absolute atomic E-state index is 0.262. The number of benzene rings is 1. The molecule has 0 unspecified atom stereocenters. The highest BCUT2D eigenvalue weighted by molar-refractivity contribution is 7.93. The average Bonchev–Trinajstić information content (AvgIpc) is 2.87. The van der Waals surface area contributed by atoms with Gasteiger partial charge in [0, 0.05) is 37.4 Å². The van der Waals surface area contributed by atoms with Gasteiger partial charge < -0.3 is 10.2 Å². The van der Waals surface area contributed by atoms with E-state index in [1.165, 1.54) is 0 Å². The van der Waals surface area contributed by atoms with E-state index in [0.717, 1.165) is 37.3 Å². The fraction of sp³-hybridized carbons (Fsp3) is 0.647. The summed E-state index contributed by atoms with van der Waals surface area (Å²) in [4.78, 5) is 2.51. The lowest BCUT2D eigenvalue weighted by molar-refractivity contribution is 0.177. The van der Waals surface area contributed by atoms with Gasteiger partial charge in [0.2, 0.25) is 10.0 Å². The monoisotopic (exact) mass is 337 g/mol. The maximum absolute atomic E-state index is 12.1. The van der Waals surface area contributed by atoms with Gasteiger partial charge in [0.25, 0.3) is 0 Å². The van der Waals surface area contributed by atoms with E-state index in [-0.39, 0.29) is 5.75 Å². The lowest BCUT2D eigenvalue weighted by Crippen LogP contribution is -2.42. The number of anilines is 2. The Balaban J connectivity index is 1.65. The Morgan fingerprint density at radius 1 is 1.17 bits per heavy atom. The van der Waals surface area contributed by atoms with Crippen molar-refractivity contribution in [3.63, 3.8) is 0 Å². The van der Waals surface area contributed by atoms with Crippen molar-refractivity contribution in [1.29, 1.82) is 0 Å². The van der Waals surface area contributed by atoms with Crippen LogP contribution in [-0.2, 0) is 10.0 Å². The quantitative estimate of drug-likeness (QED) is 0.917. The van der Waals surface area contributed by atoms with Gasteiger partial charge >= 0.3 is 0 Å². The number of nitrogens with one attached hydrogen (secondary N) is 1. The van der Waals surface area contributed by atoms with E-state index < -0.39 is 10.0 Å². The smallest absolute Gasteiger partial charge is 0.235 e. The summed E-state index contributed by atoms with van der Waals surface area (Å²) in [6.07, 6.45) is 2.97. The normalized spacial score (nSPS) is 22.7. The molecule has 1 aromatic carbocycles. The Bertz CT molecular complexity index is 637. The first kappa shape index (κ1) is 16.6. The minimum Gasteiger partial charge on any atom is -0.382 e. The molecule has 1 aromatic rings. The molecule has 0 radical (unpaired) electrons. The Hall–Kier alpha value is -1.27. The second-order valence-corrected chi connectivity index (χ2v) is 8.85. The first-order chi connectivity index (χ1) is 11.0. The molecule has 0 atom stereocenters. The van der Waals surface area contributed by atoms with Crippen molar-refractivity contribution in [1.82, 2.24) is 4.90 Å². The van der Waals surface area contributed by atoms with Crippen molar-refractivity contribution in [2.45, 2.75) is 45.2 Å². The van der Waals surface area contributed by atoms with Crippen LogP contribution in [-0.4, -0.2) is 50.8 Å². The Morgan fingerprint density at radius 3 is 2.52 bits per heavy atom. The molecule has 2 saturated heterocycles. The van der Waals surface area contributed by atoms with Crippen LogP contribution in [0.3, 0.4) is 0 Å². The molecule has 128 valence electrons. The van der Waals surface area contributed by atoms with Crippen LogP contribution < -0.4 is 9.62 Å². The Kier molecular flexibility index (Phi) is 4.82. The summed E-state index contributed by atoms with van der Waals surface area (Å²) >= 11 is 0. The van der Waals surface area contributed by atoms with E-state index in [1.54, 1.807) is 4.31 Å². The predicted octanol–water partition coefficient (Wildman–Crippen LogP) is 2.51. The first-order valence-electron chi connectivity index (χ1n) is 8.57. The van der Waals surface area contributed by atoms with E-state index >= 15 is 0 Å². The van der Waals surface area contributed by atoms with Gasteiger partial charge in [-0.3, -0.25) is 4.31 Å². The summed E-state index contributed by atoms with van der Waals surface area (Å²) in [6.45, 7) is 7.32. The van der Waals surface area contributed by atoms with Crippen LogP contribution >= 0.6 is 0 Å². The average molecular weight is 337 g/mol. The second-order valence-electron chi connectivity index (χ2n) is 6.84. The third kappa shape index (κ3) is 3.80. The van der Waals surface area contributed by atoms with Gasteiger partial charge in [-0.05, 0) is 51.3 Å². The topological polar surface area (TPSA) is 52.6 Å². The number of piperidine rings is 1. The number of rotatable bonds is 4. The van der Waals surface area contributed by atoms with E-state index in [2.05, 4.69) is 24.1 Å². The second kappa shape index (κ2) is 6.69. The molecule has 6 heteroatoms. The molecule has 2 heterocycles. The van der Waals surface area contributed by atoms with Crippen molar-refractivity contribution < 1.29 is 8.42 Å². The Labute approximate surface area is 139 Å². The zero-order valence-electron chi connectivity index (χ0n) is 14.0. The number of likely N-dealkylation sites (tertiary alicyclic amines) is 1. The SMILES string of the molecule is CC(C)N1CCC(Nc2cccc(N3CCCS3(=O)=O)c2)CC1. The summed E-state index contributed by atoms with van der Waals surface area (Å²) in [5.74, 6) is 0.262. The van der Waals surface area contributed by atoms with Crippen LogP contribution in [0.25, 0.3) is 0 Å². The molecule has 0 aromatic heterocycles. The van der Waals surface area contributed by atoms with Gasteiger partial charge in [0.05, 0.1) is 11.4 Å². The fourth-order valence-corrected chi connectivity index (χ4v) is 5.03. The van der Waals surface area contributed by atoms with Gasteiger partial charge in [-0.2, -0.15) is 0 Å². The standard InChI is InChI=1S/C17H27N3O2S/c1-14(2)19-10-7-15(8-11-19)18-16-5-3-6-17(13-16)20-9-4-12-23(20,21)22/h3,5-6,13-15,18H,4,7-12H2,1-2H3. The highest BCUT2D eigenvalue weighted by Gasteiger charge is 2.28. The van der Waals surface area contributed by atoms with Gasteiger partial charge in [0.1, 0.15) is 0 Å². The third-order valence-electron chi connectivity index (χ3n) is 4.86. The molecule has 23 heavy (non-hydrogen) atoms. The summed E-state index contributed by atoms with van der Waals surface area (Å²) in [6, 6.07) is 8.90. The van der Waals surface area contributed by atoms with Crippen molar-refractivity contribution >= 4 is 21.4 Å². The maximum Gasteiger partial charge on any atom is 0.235 e. The van der Waals surface area contributed by atoms with Crippen LogP contribution in [0.2, 0.25) is 0 Å². The van der Waals surface area contributed by atoms with Gasteiger partial charge in [-0.1, -0.05) is 6.07 Å². The molecule has 1 N–H and O–H groups in total. The molecule has 2 fully saturated rings. The molecule has 5 nitrogen and oxygen atoms in total. The molecule has 3 rings (SSSR count). The molecule has 2 aliphatic heterocycles. The minimum atomic E-state index is -3.11.